The number of amides is 1. The molecule has 2 heterocycles. The molecule has 1 saturated heterocycles. The van der Waals surface area contributed by atoms with Crippen molar-refractivity contribution in [3.8, 4) is 0 Å². The highest BCUT2D eigenvalue weighted by molar-refractivity contribution is 5.86. The summed E-state index contributed by atoms with van der Waals surface area (Å²) in [6.45, 7) is 1.82. The maximum atomic E-state index is 12.1. The van der Waals surface area contributed by atoms with Crippen LogP contribution in [0.15, 0.2) is 12.4 Å². The highest BCUT2D eigenvalue weighted by Crippen LogP contribution is 2.24. The van der Waals surface area contributed by atoms with Crippen LogP contribution in [0.5, 0.6) is 0 Å². The summed E-state index contributed by atoms with van der Waals surface area (Å²) in [5, 5.41) is 18.1. The Morgan fingerprint density at radius 1 is 1.63 bits per heavy atom. The van der Waals surface area contributed by atoms with Crippen molar-refractivity contribution in [1.82, 2.24) is 14.5 Å². The lowest BCUT2D eigenvalue weighted by molar-refractivity contribution is -0.143. The topological polar surface area (TPSA) is 95.7 Å². The van der Waals surface area contributed by atoms with E-state index in [4.69, 9.17) is 5.11 Å². The Labute approximate surface area is 110 Å². The zero-order valence-electron chi connectivity index (χ0n) is 10.7. The number of carboxylic acids is 1. The standard InChI is InChI=1S/C12H17N3O4/c1-8(16)6-10-13-3-5-15(10)9-2-4-14(12(9)19)7-11(17)18/h3,5,8-9,16H,2,4,6-7H2,1H3,(H,17,18). The van der Waals surface area contributed by atoms with E-state index in [-0.39, 0.29) is 12.5 Å². The van der Waals surface area contributed by atoms with E-state index in [9.17, 15) is 14.7 Å². The maximum Gasteiger partial charge on any atom is 0.323 e. The van der Waals surface area contributed by atoms with Crippen LogP contribution in [0, 0.1) is 0 Å². The van der Waals surface area contributed by atoms with Crippen LogP contribution in [0.4, 0.5) is 0 Å². The monoisotopic (exact) mass is 267 g/mol. The Morgan fingerprint density at radius 2 is 2.37 bits per heavy atom. The number of likely N-dealkylation sites (tertiary alicyclic amines) is 1. The molecule has 104 valence electrons. The first kappa shape index (κ1) is 13.5. The predicted octanol–water partition coefficient (Wildman–Crippen LogP) is -0.336. The summed E-state index contributed by atoms with van der Waals surface area (Å²) in [4.78, 5) is 28.3. The van der Waals surface area contributed by atoms with Gasteiger partial charge in [-0.05, 0) is 13.3 Å². The highest BCUT2D eigenvalue weighted by atomic mass is 16.4. The third-order valence-electron chi connectivity index (χ3n) is 3.16. The smallest absolute Gasteiger partial charge is 0.323 e. The Kier molecular flexibility index (Phi) is 3.84. The fourth-order valence-corrected chi connectivity index (χ4v) is 2.35. The number of hydrogen-bond donors (Lipinski definition) is 2. The zero-order chi connectivity index (χ0) is 14.0. The van der Waals surface area contributed by atoms with Gasteiger partial charge in [-0.15, -0.1) is 0 Å². The molecule has 2 rings (SSSR count). The van der Waals surface area contributed by atoms with E-state index in [1.54, 1.807) is 23.9 Å². The number of carbonyl (C=O) groups excluding carboxylic acids is 1. The molecule has 1 fully saturated rings. The van der Waals surface area contributed by atoms with E-state index in [0.29, 0.717) is 25.2 Å². The zero-order valence-corrected chi connectivity index (χ0v) is 10.7. The van der Waals surface area contributed by atoms with Gasteiger partial charge >= 0.3 is 5.97 Å². The van der Waals surface area contributed by atoms with Crippen molar-refractivity contribution < 1.29 is 19.8 Å². The number of aliphatic hydroxyl groups excluding tert-OH is 1. The normalized spacial score (nSPS) is 20.8. The molecule has 0 aliphatic carbocycles. The van der Waals surface area contributed by atoms with Crippen molar-refractivity contribution >= 4 is 11.9 Å². The molecule has 2 unspecified atom stereocenters. The van der Waals surface area contributed by atoms with Crippen molar-refractivity contribution in [2.45, 2.75) is 31.9 Å². The molecule has 19 heavy (non-hydrogen) atoms. The Bertz CT molecular complexity index is 483. The first-order valence-corrected chi connectivity index (χ1v) is 6.19. The predicted molar refractivity (Wildman–Crippen MR) is 65.5 cm³/mol. The minimum absolute atomic E-state index is 0.202. The molecule has 0 radical (unpaired) electrons. The van der Waals surface area contributed by atoms with E-state index >= 15 is 0 Å². The summed E-state index contributed by atoms with van der Waals surface area (Å²) in [7, 11) is 0. The summed E-state index contributed by atoms with van der Waals surface area (Å²) >= 11 is 0. The van der Waals surface area contributed by atoms with Gasteiger partial charge in [-0.3, -0.25) is 9.59 Å². The van der Waals surface area contributed by atoms with Gasteiger partial charge in [0, 0.05) is 25.4 Å². The molecule has 0 saturated carbocycles. The molecule has 1 aliphatic heterocycles. The van der Waals surface area contributed by atoms with Gasteiger partial charge in [-0.2, -0.15) is 0 Å². The molecule has 1 aliphatic rings. The van der Waals surface area contributed by atoms with Gasteiger partial charge in [0.25, 0.3) is 0 Å². The second kappa shape index (κ2) is 5.40. The molecule has 1 amide bonds. The fraction of sp³-hybridized carbons (Fsp3) is 0.583. The largest absolute Gasteiger partial charge is 0.480 e. The van der Waals surface area contributed by atoms with Crippen LogP contribution < -0.4 is 0 Å². The quantitative estimate of drug-likeness (QED) is 0.761. The van der Waals surface area contributed by atoms with Gasteiger partial charge in [-0.25, -0.2) is 4.98 Å². The summed E-state index contributed by atoms with van der Waals surface area (Å²) < 4.78 is 1.73. The molecule has 7 heteroatoms. The molecule has 7 nitrogen and oxygen atoms in total. The molecule has 2 N–H and O–H groups in total. The van der Waals surface area contributed by atoms with Crippen molar-refractivity contribution in [3.63, 3.8) is 0 Å². The van der Waals surface area contributed by atoms with Crippen molar-refractivity contribution in [1.29, 1.82) is 0 Å². The van der Waals surface area contributed by atoms with Gasteiger partial charge in [-0.1, -0.05) is 0 Å². The molecule has 1 aromatic rings. The van der Waals surface area contributed by atoms with Crippen LogP contribution >= 0.6 is 0 Å². The lowest BCUT2D eigenvalue weighted by Gasteiger charge is -2.16. The summed E-state index contributed by atoms with van der Waals surface area (Å²) in [6.07, 6.45) is 3.69. The van der Waals surface area contributed by atoms with Crippen LogP contribution in [0.25, 0.3) is 0 Å². The van der Waals surface area contributed by atoms with Gasteiger partial charge in [0.2, 0.25) is 5.91 Å². The highest BCUT2D eigenvalue weighted by Gasteiger charge is 2.34. The number of carboxylic acid groups (broad SMARTS) is 1. The summed E-state index contributed by atoms with van der Waals surface area (Å²) in [6, 6.07) is -0.407. The van der Waals surface area contributed by atoms with Crippen LogP contribution in [0.3, 0.4) is 0 Å². The van der Waals surface area contributed by atoms with E-state index in [0.717, 1.165) is 0 Å². The number of aliphatic carboxylic acids is 1. The SMILES string of the molecule is CC(O)Cc1nccn1C1CCN(CC(=O)O)C1=O. The second-order valence-electron chi connectivity index (χ2n) is 4.76. The average Bonchev–Trinajstić information content (AvgIpc) is 2.86. The number of hydrogen-bond acceptors (Lipinski definition) is 4. The molecule has 0 bridgehead atoms. The van der Waals surface area contributed by atoms with Gasteiger partial charge in [0.05, 0.1) is 6.10 Å². The maximum absolute atomic E-state index is 12.1. The van der Waals surface area contributed by atoms with Crippen molar-refractivity contribution in [3.05, 3.63) is 18.2 Å². The van der Waals surface area contributed by atoms with Crippen LogP contribution in [-0.2, 0) is 16.0 Å². The molecular formula is C12H17N3O4. The van der Waals surface area contributed by atoms with E-state index in [1.165, 1.54) is 4.90 Å². The number of aromatic nitrogens is 2. The minimum atomic E-state index is -1.01. The summed E-state index contributed by atoms with van der Waals surface area (Å²) in [5.74, 6) is -0.568. The van der Waals surface area contributed by atoms with E-state index in [1.807, 2.05) is 0 Å². The molecular weight excluding hydrogens is 250 g/mol. The van der Waals surface area contributed by atoms with Crippen LogP contribution in [0.1, 0.15) is 25.2 Å². The van der Waals surface area contributed by atoms with Crippen LogP contribution in [-0.4, -0.2) is 55.7 Å². The molecule has 0 aromatic carbocycles. The minimum Gasteiger partial charge on any atom is -0.480 e. The van der Waals surface area contributed by atoms with Gasteiger partial charge in [0.1, 0.15) is 18.4 Å². The number of aliphatic hydroxyl groups is 1. The number of rotatable bonds is 5. The van der Waals surface area contributed by atoms with Crippen molar-refractivity contribution in [2.75, 3.05) is 13.1 Å². The van der Waals surface area contributed by atoms with E-state index in [2.05, 4.69) is 4.98 Å². The number of imidazole rings is 1. The van der Waals surface area contributed by atoms with Gasteiger partial charge in [0.15, 0.2) is 0 Å². The van der Waals surface area contributed by atoms with E-state index < -0.39 is 18.1 Å². The number of carbonyl (C=O) groups is 2. The lowest BCUT2D eigenvalue weighted by atomic mass is 10.2. The molecule has 0 spiro atoms. The fourth-order valence-electron chi connectivity index (χ4n) is 2.35. The first-order valence-electron chi connectivity index (χ1n) is 6.19. The second-order valence-corrected chi connectivity index (χ2v) is 4.76. The first-order chi connectivity index (χ1) is 8.99. The Morgan fingerprint density at radius 3 is 3.00 bits per heavy atom. The molecule has 1 aromatic heterocycles. The third kappa shape index (κ3) is 2.93. The Hall–Kier alpha value is -1.89. The Balaban J connectivity index is 2.13. The molecule has 2 atom stereocenters. The average molecular weight is 267 g/mol. The lowest BCUT2D eigenvalue weighted by Crippen LogP contribution is -2.33. The van der Waals surface area contributed by atoms with Crippen molar-refractivity contribution in [2.24, 2.45) is 0 Å². The van der Waals surface area contributed by atoms with Crippen LogP contribution in [0.2, 0.25) is 0 Å². The summed E-state index contributed by atoms with van der Waals surface area (Å²) in [5.41, 5.74) is 0. The third-order valence-corrected chi connectivity index (χ3v) is 3.16. The number of nitrogens with zero attached hydrogens (tertiary/aromatic N) is 3. The van der Waals surface area contributed by atoms with Gasteiger partial charge < -0.3 is 19.7 Å².